The molecule has 8 nitrogen and oxygen atoms in total. The molecule has 0 aliphatic carbocycles. The molecular weight excluding hydrogens is 336 g/mol. The van der Waals surface area contributed by atoms with Gasteiger partial charge in [-0.15, -0.1) is 17.5 Å². The van der Waals surface area contributed by atoms with E-state index in [1.54, 1.807) is 12.1 Å². The standard InChI is InChI=1S/C15H18N4O4.ClH/c20-13-4-1-10(14(21)16-13)11-2-3-12(18-17-11)19-7-5-9(6-8-19)15(22)23;/h2-3,9-10H,1,4-8H2,(H,22,23)(H,16,20,21);1H/t10-;/m0./s1. The predicted octanol–water partition coefficient (Wildman–Crippen LogP) is 0.720. The summed E-state index contributed by atoms with van der Waals surface area (Å²) in [5.74, 6) is -1.37. The number of hydrogen-bond donors (Lipinski definition) is 2. The van der Waals surface area contributed by atoms with E-state index in [0.29, 0.717) is 50.3 Å². The average molecular weight is 355 g/mol. The summed E-state index contributed by atoms with van der Waals surface area (Å²) in [6.45, 7) is 1.26. The van der Waals surface area contributed by atoms with Crippen LogP contribution in [-0.4, -0.2) is 46.2 Å². The van der Waals surface area contributed by atoms with Gasteiger partial charge in [0, 0.05) is 19.5 Å². The summed E-state index contributed by atoms with van der Waals surface area (Å²) < 4.78 is 0. The molecule has 9 heteroatoms. The highest BCUT2D eigenvalue weighted by atomic mass is 35.5. The Labute approximate surface area is 145 Å². The number of piperidine rings is 2. The topological polar surface area (TPSA) is 112 Å². The molecule has 0 unspecified atom stereocenters. The largest absolute Gasteiger partial charge is 0.481 e. The normalized spacial score (nSPS) is 21.8. The number of carbonyl (C=O) groups is 3. The van der Waals surface area contributed by atoms with Crippen molar-refractivity contribution in [3.63, 3.8) is 0 Å². The van der Waals surface area contributed by atoms with Gasteiger partial charge in [-0.2, -0.15) is 5.10 Å². The molecule has 3 rings (SSSR count). The van der Waals surface area contributed by atoms with Crippen molar-refractivity contribution in [2.24, 2.45) is 5.92 Å². The number of rotatable bonds is 3. The number of anilines is 1. The van der Waals surface area contributed by atoms with E-state index >= 15 is 0 Å². The molecule has 0 aromatic carbocycles. The van der Waals surface area contributed by atoms with E-state index in [-0.39, 0.29) is 30.1 Å². The van der Waals surface area contributed by atoms with E-state index in [1.165, 1.54) is 0 Å². The lowest BCUT2D eigenvalue weighted by molar-refractivity contribution is -0.142. The van der Waals surface area contributed by atoms with Gasteiger partial charge >= 0.3 is 5.97 Å². The third kappa shape index (κ3) is 3.81. The van der Waals surface area contributed by atoms with Crippen LogP contribution in [-0.2, 0) is 14.4 Å². The minimum atomic E-state index is -0.746. The number of carboxylic acids is 1. The highest BCUT2D eigenvalue weighted by molar-refractivity contribution is 6.00. The minimum Gasteiger partial charge on any atom is -0.481 e. The monoisotopic (exact) mass is 354 g/mol. The van der Waals surface area contributed by atoms with Gasteiger partial charge in [0.2, 0.25) is 11.8 Å². The summed E-state index contributed by atoms with van der Waals surface area (Å²) in [7, 11) is 0. The van der Waals surface area contributed by atoms with E-state index < -0.39 is 11.9 Å². The van der Waals surface area contributed by atoms with Crippen molar-refractivity contribution in [1.82, 2.24) is 15.5 Å². The number of aromatic nitrogens is 2. The number of amides is 2. The number of carboxylic acid groups (broad SMARTS) is 1. The number of nitrogens with one attached hydrogen (secondary N) is 1. The highest BCUT2D eigenvalue weighted by Crippen LogP contribution is 2.25. The first-order valence-corrected chi connectivity index (χ1v) is 7.69. The van der Waals surface area contributed by atoms with Crippen LogP contribution >= 0.6 is 12.4 Å². The summed E-state index contributed by atoms with van der Waals surface area (Å²) >= 11 is 0. The Balaban J connectivity index is 0.00000208. The molecule has 0 spiro atoms. The van der Waals surface area contributed by atoms with Crippen molar-refractivity contribution in [2.75, 3.05) is 18.0 Å². The number of aliphatic carboxylic acids is 1. The Morgan fingerprint density at radius 1 is 1.17 bits per heavy atom. The maximum absolute atomic E-state index is 11.8. The SMILES string of the molecule is Cl.O=C1CC[C@@H](c2ccc(N3CCC(C(=O)O)CC3)nn2)C(=O)N1. The molecule has 2 fully saturated rings. The van der Waals surface area contributed by atoms with E-state index in [1.807, 2.05) is 4.90 Å². The summed E-state index contributed by atoms with van der Waals surface area (Å²) in [5, 5.41) is 19.6. The van der Waals surface area contributed by atoms with Crippen molar-refractivity contribution >= 4 is 36.0 Å². The van der Waals surface area contributed by atoms with Crippen LogP contribution in [0, 0.1) is 5.92 Å². The Hall–Kier alpha value is -2.22. The molecule has 2 saturated heterocycles. The van der Waals surface area contributed by atoms with Crippen LogP contribution in [0.1, 0.15) is 37.3 Å². The second kappa shape index (κ2) is 7.57. The number of hydrogen-bond acceptors (Lipinski definition) is 6. The lowest BCUT2D eigenvalue weighted by Crippen LogP contribution is -2.40. The number of carbonyl (C=O) groups excluding carboxylic acids is 2. The Kier molecular flexibility index (Phi) is 5.71. The molecule has 2 N–H and O–H groups in total. The first-order valence-electron chi connectivity index (χ1n) is 7.69. The third-order valence-electron chi connectivity index (χ3n) is 4.44. The van der Waals surface area contributed by atoms with Gasteiger partial charge in [-0.3, -0.25) is 19.7 Å². The summed E-state index contributed by atoms with van der Waals surface area (Å²) in [5.41, 5.74) is 0.555. The molecule has 2 amide bonds. The van der Waals surface area contributed by atoms with Gasteiger partial charge < -0.3 is 10.0 Å². The molecule has 3 heterocycles. The second-order valence-corrected chi connectivity index (χ2v) is 5.92. The smallest absolute Gasteiger partial charge is 0.306 e. The predicted molar refractivity (Wildman–Crippen MR) is 87.0 cm³/mol. The second-order valence-electron chi connectivity index (χ2n) is 5.92. The van der Waals surface area contributed by atoms with Crippen LogP contribution < -0.4 is 10.2 Å². The lowest BCUT2D eigenvalue weighted by atomic mass is 9.94. The molecular formula is C15H19ClN4O4. The van der Waals surface area contributed by atoms with Gasteiger partial charge in [-0.05, 0) is 31.4 Å². The molecule has 1 atom stereocenters. The minimum absolute atomic E-state index is 0. The molecule has 0 radical (unpaired) electrons. The van der Waals surface area contributed by atoms with Crippen molar-refractivity contribution in [3.05, 3.63) is 17.8 Å². The third-order valence-corrected chi connectivity index (χ3v) is 4.44. The van der Waals surface area contributed by atoms with Crippen LogP contribution in [0.15, 0.2) is 12.1 Å². The van der Waals surface area contributed by atoms with Crippen LogP contribution in [0.2, 0.25) is 0 Å². The van der Waals surface area contributed by atoms with Crippen molar-refractivity contribution < 1.29 is 19.5 Å². The van der Waals surface area contributed by atoms with Gasteiger partial charge in [-0.1, -0.05) is 0 Å². The average Bonchev–Trinajstić information content (AvgIpc) is 2.55. The molecule has 2 aliphatic rings. The van der Waals surface area contributed by atoms with Crippen molar-refractivity contribution in [1.29, 1.82) is 0 Å². The number of nitrogens with zero attached hydrogens (tertiary/aromatic N) is 3. The van der Waals surface area contributed by atoms with Crippen LogP contribution in [0.5, 0.6) is 0 Å². The summed E-state index contributed by atoms with van der Waals surface area (Å²) in [6, 6.07) is 3.55. The number of imide groups is 1. The zero-order valence-electron chi connectivity index (χ0n) is 13.0. The lowest BCUT2D eigenvalue weighted by Gasteiger charge is -2.30. The zero-order valence-corrected chi connectivity index (χ0v) is 13.8. The Bertz CT molecular complexity index is 629. The van der Waals surface area contributed by atoms with E-state index in [4.69, 9.17) is 5.11 Å². The molecule has 0 saturated carbocycles. The van der Waals surface area contributed by atoms with Gasteiger partial charge in [-0.25, -0.2) is 0 Å². The molecule has 1 aromatic heterocycles. The highest BCUT2D eigenvalue weighted by Gasteiger charge is 2.30. The maximum Gasteiger partial charge on any atom is 0.306 e. The van der Waals surface area contributed by atoms with E-state index in [0.717, 1.165) is 0 Å². The van der Waals surface area contributed by atoms with Crippen LogP contribution in [0.3, 0.4) is 0 Å². The fraction of sp³-hybridized carbons (Fsp3) is 0.533. The van der Waals surface area contributed by atoms with Gasteiger partial charge in [0.05, 0.1) is 17.5 Å². The number of halogens is 1. The quantitative estimate of drug-likeness (QED) is 0.769. The van der Waals surface area contributed by atoms with Gasteiger partial charge in [0.15, 0.2) is 5.82 Å². The fourth-order valence-electron chi connectivity index (χ4n) is 3.02. The zero-order chi connectivity index (χ0) is 16.4. The molecule has 0 bridgehead atoms. The van der Waals surface area contributed by atoms with Crippen LogP contribution in [0.4, 0.5) is 5.82 Å². The van der Waals surface area contributed by atoms with Gasteiger partial charge in [0.25, 0.3) is 0 Å². The van der Waals surface area contributed by atoms with Gasteiger partial charge in [0.1, 0.15) is 0 Å². The fourth-order valence-corrected chi connectivity index (χ4v) is 3.02. The Morgan fingerprint density at radius 3 is 2.42 bits per heavy atom. The first kappa shape index (κ1) is 18.1. The van der Waals surface area contributed by atoms with Crippen molar-refractivity contribution in [2.45, 2.75) is 31.6 Å². The summed E-state index contributed by atoms with van der Waals surface area (Å²) in [6.07, 6.45) is 1.93. The first-order chi connectivity index (χ1) is 11.0. The Morgan fingerprint density at radius 2 is 1.88 bits per heavy atom. The molecule has 2 aliphatic heterocycles. The molecule has 1 aromatic rings. The molecule has 24 heavy (non-hydrogen) atoms. The van der Waals surface area contributed by atoms with E-state index in [2.05, 4.69) is 15.5 Å². The maximum atomic E-state index is 11.8. The summed E-state index contributed by atoms with van der Waals surface area (Å²) in [4.78, 5) is 36.0. The van der Waals surface area contributed by atoms with Crippen molar-refractivity contribution in [3.8, 4) is 0 Å². The van der Waals surface area contributed by atoms with E-state index in [9.17, 15) is 14.4 Å². The molecule has 130 valence electrons. The van der Waals surface area contributed by atoms with Crippen LogP contribution in [0.25, 0.3) is 0 Å².